The number of aryl methyl sites for hydroxylation is 1. The van der Waals surface area contributed by atoms with Crippen molar-refractivity contribution >= 4 is 21.6 Å². The minimum absolute atomic E-state index is 0.973. The zero-order chi connectivity index (χ0) is 8.27. The molecule has 0 atom stereocenters. The number of rotatable bonds is 2. The molecule has 0 amide bonds. The van der Waals surface area contributed by atoms with Gasteiger partial charge >= 0.3 is 0 Å². The molecule has 0 fully saturated rings. The van der Waals surface area contributed by atoms with E-state index in [4.69, 9.17) is 0 Å². The number of benzene rings is 1. The molecule has 60 valence electrons. The summed E-state index contributed by atoms with van der Waals surface area (Å²) in [5.74, 6) is 0. The normalized spacial score (nSPS) is 9.73. The third kappa shape index (κ3) is 2.22. The van der Waals surface area contributed by atoms with E-state index in [0.29, 0.717) is 0 Å². The lowest BCUT2D eigenvalue weighted by Crippen LogP contribution is -1.96. The predicted octanol–water partition coefficient (Wildman–Crippen LogP) is 3.19. The smallest absolute Gasteiger partial charge is 0.0343 e. The van der Waals surface area contributed by atoms with E-state index in [1.807, 2.05) is 0 Å². The van der Waals surface area contributed by atoms with E-state index >= 15 is 0 Å². The van der Waals surface area contributed by atoms with Crippen molar-refractivity contribution < 1.29 is 0 Å². The maximum atomic E-state index is 3.45. The Bertz CT molecular complexity index is 245. The summed E-state index contributed by atoms with van der Waals surface area (Å²) < 4.78 is 1.17. The maximum absolute atomic E-state index is 3.45. The van der Waals surface area contributed by atoms with Crippen LogP contribution in [0.2, 0.25) is 0 Å². The molecule has 2 heteroatoms. The number of hydrogen-bond donors (Lipinski definition) is 1. The van der Waals surface area contributed by atoms with Crippen molar-refractivity contribution in [2.45, 2.75) is 13.8 Å². The van der Waals surface area contributed by atoms with Gasteiger partial charge in [0.15, 0.2) is 0 Å². The molecular weight excluding hydrogens is 202 g/mol. The van der Waals surface area contributed by atoms with Crippen molar-refractivity contribution in [1.82, 2.24) is 0 Å². The number of hydrogen-bond acceptors (Lipinski definition) is 1. The quantitative estimate of drug-likeness (QED) is 0.797. The van der Waals surface area contributed by atoms with Crippen molar-refractivity contribution in [2.24, 2.45) is 0 Å². The fraction of sp³-hybridized carbons (Fsp3) is 0.333. The molecule has 0 radical (unpaired) electrons. The van der Waals surface area contributed by atoms with Crippen LogP contribution in [0.5, 0.6) is 0 Å². The summed E-state index contributed by atoms with van der Waals surface area (Å²) in [5.41, 5.74) is 2.46. The maximum Gasteiger partial charge on any atom is 0.0343 e. The zero-order valence-corrected chi connectivity index (χ0v) is 8.40. The van der Waals surface area contributed by atoms with Crippen LogP contribution < -0.4 is 5.32 Å². The molecular formula is C9H12BrN. The van der Waals surface area contributed by atoms with E-state index < -0.39 is 0 Å². The Morgan fingerprint density at radius 3 is 2.73 bits per heavy atom. The van der Waals surface area contributed by atoms with Crippen LogP contribution in [-0.4, -0.2) is 6.54 Å². The van der Waals surface area contributed by atoms with Gasteiger partial charge in [-0.1, -0.05) is 15.9 Å². The van der Waals surface area contributed by atoms with Crippen molar-refractivity contribution in [3.05, 3.63) is 28.2 Å². The topological polar surface area (TPSA) is 12.0 Å². The summed E-state index contributed by atoms with van der Waals surface area (Å²) in [6.45, 7) is 5.16. The molecule has 1 nitrogen and oxygen atoms in total. The van der Waals surface area contributed by atoms with Crippen LogP contribution in [0, 0.1) is 6.92 Å². The summed E-state index contributed by atoms with van der Waals surface area (Å²) in [4.78, 5) is 0. The lowest BCUT2D eigenvalue weighted by molar-refractivity contribution is 1.21. The molecule has 0 aliphatic heterocycles. The van der Waals surface area contributed by atoms with E-state index in [1.165, 1.54) is 15.7 Å². The molecule has 0 saturated carbocycles. The Balaban J connectivity index is 2.86. The van der Waals surface area contributed by atoms with Gasteiger partial charge in [0.25, 0.3) is 0 Å². The summed E-state index contributed by atoms with van der Waals surface area (Å²) >= 11 is 3.45. The summed E-state index contributed by atoms with van der Waals surface area (Å²) in [7, 11) is 0. The number of nitrogens with one attached hydrogen (secondary N) is 1. The van der Waals surface area contributed by atoms with Crippen LogP contribution in [0.4, 0.5) is 5.69 Å². The standard InChI is InChI=1S/C9H12BrN/c1-3-11-8-4-5-9(10)7(2)6-8/h4-6,11H,3H2,1-2H3. The van der Waals surface area contributed by atoms with Crippen LogP contribution in [0.15, 0.2) is 22.7 Å². The highest BCUT2D eigenvalue weighted by atomic mass is 79.9. The Morgan fingerprint density at radius 2 is 2.18 bits per heavy atom. The van der Waals surface area contributed by atoms with Crippen LogP contribution in [-0.2, 0) is 0 Å². The Hall–Kier alpha value is -0.500. The van der Waals surface area contributed by atoms with E-state index in [-0.39, 0.29) is 0 Å². The van der Waals surface area contributed by atoms with Gasteiger partial charge in [-0.2, -0.15) is 0 Å². The Labute approximate surface area is 75.9 Å². The second kappa shape index (κ2) is 3.77. The van der Waals surface area contributed by atoms with Crippen LogP contribution in [0.1, 0.15) is 12.5 Å². The molecule has 1 aromatic rings. The highest BCUT2D eigenvalue weighted by Crippen LogP contribution is 2.19. The lowest BCUT2D eigenvalue weighted by atomic mass is 10.2. The monoisotopic (exact) mass is 213 g/mol. The van der Waals surface area contributed by atoms with Crippen LogP contribution in [0.3, 0.4) is 0 Å². The van der Waals surface area contributed by atoms with E-state index in [9.17, 15) is 0 Å². The average molecular weight is 214 g/mol. The van der Waals surface area contributed by atoms with Gasteiger partial charge in [-0.15, -0.1) is 0 Å². The largest absolute Gasteiger partial charge is 0.385 e. The molecule has 1 aromatic carbocycles. The van der Waals surface area contributed by atoms with Crippen molar-refractivity contribution in [3.63, 3.8) is 0 Å². The first-order valence-corrected chi connectivity index (χ1v) is 4.53. The highest BCUT2D eigenvalue weighted by Gasteiger charge is 1.94. The first-order valence-electron chi connectivity index (χ1n) is 3.74. The molecule has 0 bridgehead atoms. The molecule has 0 saturated heterocycles. The first-order chi connectivity index (χ1) is 5.24. The minimum atomic E-state index is 0.973. The van der Waals surface area contributed by atoms with Crippen molar-refractivity contribution in [3.8, 4) is 0 Å². The van der Waals surface area contributed by atoms with Crippen molar-refractivity contribution in [2.75, 3.05) is 11.9 Å². The van der Waals surface area contributed by atoms with Gasteiger partial charge in [0.05, 0.1) is 0 Å². The van der Waals surface area contributed by atoms with E-state index in [1.54, 1.807) is 0 Å². The summed E-state index contributed by atoms with van der Waals surface area (Å²) in [6, 6.07) is 6.27. The minimum Gasteiger partial charge on any atom is -0.385 e. The Kier molecular flexibility index (Phi) is 2.94. The van der Waals surface area contributed by atoms with Gasteiger partial charge in [-0.25, -0.2) is 0 Å². The van der Waals surface area contributed by atoms with E-state index in [2.05, 4.69) is 53.3 Å². The second-order valence-electron chi connectivity index (χ2n) is 2.49. The fourth-order valence-corrected chi connectivity index (χ4v) is 1.21. The van der Waals surface area contributed by atoms with Gasteiger partial charge in [0, 0.05) is 16.7 Å². The molecule has 0 heterocycles. The first kappa shape index (κ1) is 8.60. The second-order valence-corrected chi connectivity index (χ2v) is 3.35. The lowest BCUT2D eigenvalue weighted by Gasteiger charge is -2.04. The van der Waals surface area contributed by atoms with Crippen molar-refractivity contribution in [1.29, 1.82) is 0 Å². The SMILES string of the molecule is CCNc1ccc(Br)c(C)c1. The highest BCUT2D eigenvalue weighted by molar-refractivity contribution is 9.10. The third-order valence-corrected chi connectivity index (χ3v) is 2.43. The van der Waals surface area contributed by atoms with Crippen LogP contribution >= 0.6 is 15.9 Å². The molecule has 1 N–H and O–H groups in total. The summed E-state index contributed by atoms with van der Waals surface area (Å²) in [5, 5.41) is 3.25. The van der Waals surface area contributed by atoms with Crippen LogP contribution in [0.25, 0.3) is 0 Å². The third-order valence-electron chi connectivity index (χ3n) is 1.54. The molecule has 0 spiro atoms. The van der Waals surface area contributed by atoms with Gasteiger partial charge in [-0.3, -0.25) is 0 Å². The number of halogens is 1. The van der Waals surface area contributed by atoms with Gasteiger partial charge in [0.1, 0.15) is 0 Å². The molecule has 0 aliphatic rings. The molecule has 1 rings (SSSR count). The molecule has 0 aromatic heterocycles. The average Bonchev–Trinajstić information content (AvgIpc) is 1.98. The van der Waals surface area contributed by atoms with E-state index in [0.717, 1.165) is 6.54 Å². The number of anilines is 1. The predicted molar refractivity (Wildman–Crippen MR) is 53.0 cm³/mol. The van der Waals surface area contributed by atoms with Gasteiger partial charge in [0.2, 0.25) is 0 Å². The Morgan fingerprint density at radius 1 is 1.45 bits per heavy atom. The van der Waals surface area contributed by atoms with Gasteiger partial charge in [-0.05, 0) is 37.6 Å². The van der Waals surface area contributed by atoms with Gasteiger partial charge < -0.3 is 5.32 Å². The fourth-order valence-electron chi connectivity index (χ4n) is 0.959. The molecule has 0 unspecified atom stereocenters. The summed E-state index contributed by atoms with van der Waals surface area (Å²) in [6.07, 6.45) is 0. The zero-order valence-electron chi connectivity index (χ0n) is 6.82. The molecule has 11 heavy (non-hydrogen) atoms. The molecule has 0 aliphatic carbocycles.